The number of hydrogen-bond acceptors (Lipinski definition) is 6. The first-order valence-corrected chi connectivity index (χ1v) is 12.3. The van der Waals surface area contributed by atoms with Crippen LogP contribution in [0.3, 0.4) is 0 Å². The number of aromatic amines is 1. The number of hydrogen-bond donors (Lipinski definition) is 2. The number of piperidine rings is 1. The molecule has 2 N–H and O–H groups in total. The number of aromatic nitrogens is 3. The van der Waals surface area contributed by atoms with Crippen molar-refractivity contribution in [3.63, 3.8) is 0 Å². The summed E-state index contributed by atoms with van der Waals surface area (Å²) < 4.78 is 11.2. The fraction of sp³-hybridized carbons (Fsp3) is 0.462. The number of H-pyrrole nitrogens is 1. The Kier molecular flexibility index (Phi) is 6.57. The van der Waals surface area contributed by atoms with Gasteiger partial charge in [-0.15, -0.1) is 0 Å². The highest BCUT2D eigenvalue weighted by molar-refractivity contribution is 6.08. The van der Waals surface area contributed by atoms with Crippen molar-refractivity contribution in [2.75, 3.05) is 26.3 Å². The predicted molar refractivity (Wildman–Crippen MR) is 131 cm³/mol. The molecule has 1 saturated heterocycles. The van der Waals surface area contributed by atoms with E-state index < -0.39 is 0 Å². The fourth-order valence-corrected chi connectivity index (χ4v) is 4.45. The van der Waals surface area contributed by atoms with Crippen molar-refractivity contribution in [1.82, 2.24) is 25.2 Å². The number of nitrogens with one attached hydrogen (secondary N) is 2. The van der Waals surface area contributed by atoms with E-state index >= 15 is 0 Å². The van der Waals surface area contributed by atoms with Crippen LogP contribution in [0.2, 0.25) is 0 Å². The zero-order chi connectivity index (χ0) is 24.4. The average Bonchev–Trinajstić information content (AvgIpc) is 3.59. The van der Waals surface area contributed by atoms with Gasteiger partial charge in [0.2, 0.25) is 0 Å². The topological polar surface area (TPSA) is 109 Å². The van der Waals surface area contributed by atoms with Crippen molar-refractivity contribution in [3.8, 4) is 17.0 Å². The van der Waals surface area contributed by atoms with E-state index in [0.717, 1.165) is 16.9 Å². The number of carbonyl (C=O) groups excluding carboxylic acids is 2. The minimum absolute atomic E-state index is 0.0152. The van der Waals surface area contributed by atoms with Gasteiger partial charge in [0, 0.05) is 30.9 Å². The van der Waals surface area contributed by atoms with Crippen molar-refractivity contribution in [2.24, 2.45) is 5.92 Å². The SMILES string of the molecule is CCOC(=O)N1CCC(NC(=O)c2c[nH]c3c(-c4cc(C)ccc4OCC4CC4)ncnc23)CC1. The average molecular weight is 478 g/mol. The highest BCUT2D eigenvalue weighted by atomic mass is 16.6. The molecule has 0 radical (unpaired) electrons. The highest BCUT2D eigenvalue weighted by Gasteiger charge is 2.27. The summed E-state index contributed by atoms with van der Waals surface area (Å²) in [5, 5.41) is 3.10. The van der Waals surface area contributed by atoms with Gasteiger partial charge in [0.05, 0.1) is 24.3 Å². The summed E-state index contributed by atoms with van der Waals surface area (Å²) >= 11 is 0. The summed E-state index contributed by atoms with van der Waals surface area (Å²) in [6.45, 7) is 6.01. The summed E-state index contributed by atoms with van der Waals surface area (Å²) in [4.78, 5) is 38.9. The molecular formula is C26H31N5O4. The van der Waals surface area contributed by atoms with E-state index in [-0.39, 0.29) is 18.0 Å². The second kappa shape index (κ2) is 9.93. The summed E-state index contributed by atoms with van der Waals surface area (Å²) in [5.74, 6) is 1.24. The Balaban J connectivity index is 1.34. The van der Waals surface area contributed by atoms with Gasteiger partial charge >= 0.3 is 6.09 Å². The van der Waals surface area contributed by atoms with E-state index in [2.05, 4.69) is 26.3 Å². The summed E-state index contributed by atoms with van der Waals surface area (Å²) in [6, 6.07) is 6.06. The number of benzene rings is 1. The number of amides is 2. The summed E-state index contributed by atoms with van der Waals surface area (Å²) in [5.41, 5.74) is 4.46. The summed E-state index contributed by atoms with van der Waals surface area (Å²) in [6.07, 6.45) is 6.68. The maximum Gasteiger partial charge on any atom is 0.409 e. The van der Waals surface area contributed by atoms with Gasteiger partial charge in [-0.05, 0) is 57.6 Å². The van der Waals surface area contributed by atoms with Crippen LogP contribution in [-0.4, -0.2) is 64.2 Å². The van der Waals surface area contributed by atoms with E-state index in [0.29, 0.717) is 67.4 Å². The zero-order valence-electron chi connectivity index (χ0n) is 20.2. The van der Waals surface area contributed by atoms with Crippen LogP contribution in [0.5, 0.6) is 5.75 Å². The minimum atomic E-state index is -0.297. The van der Waals surface area contributed by atoms with Crippen LogP contribution >= 0.6 is 0 Å². The molecule has 0 atom stereocenters. The second-order valence-electron chi connectivity index (χ2n) is 9.34. The monoisotopic (exact) mass is 477 g/mol. The van der Waals surface area contributed by atoms with Crippen molar-refractivity contribution in [2.45, 2.75) is 45.6 Å². The Hall–Kier alpha value is -3.62. The number of aryl methyl sites for hydroxylation is 1. The highest BCUT2D eigenvalue weighted by Crippen LogP contribution is 2.36. The van der Waals surface area contributed by atoms with Gasteiger partial charge < -0.3 is 24.7 Å². The molecule has 0 bridgehead atoms. The molecule has 35 heavy (non-hydrogen) atoms. The van der Waals surface area contributed by atoms with Crippen molar-refractivity contribution < 1.29 is 19.1 Å². The van der Waals surface area contributed by atoms with Crippen molar-refractivity contribution in [1.29, 1.82) is 0 Å². The first-order valence-electron chi connectivity index (χ1n) is 12.3. The van der Waals surface area contributed by atoms with Crippen molar-refractivity contribution >= 4 is 23.0 Å². The molecule has 9 nitrogen and oxygen atoms in total. The zero-order valence-corrected chi connectivity index (χ0v) is 20.2. The molecule has 1 saturated carbocycles. The van der Waals surface area contributed by atoms with Gasteiger partial charge in [-0.25, -0.2) is 14.8 Å². The lowest BCUT2D eigenvalue weighted by Crippen LogP contribution is -2.46. The van der Waals surface area contributed by atoms with Crippen LogP contribution in [0.4, 0.5) is 4.79 Å². The van der Waals surface area contributed by atoms with Crippen LogP contribution in [0.1, 0.15) is 48.5 Å². The Morgan fingerprint density at radius 1 is 1.17 bits per heavy atom. The Bertz CT molecular complexity index is 1230. The van der Waals surface area contributed by atoms with Gasteiger partial charge in [0.25, 0.3) is 5.91 Å². The molecule has 5 rings (SSSR count). The molecule has 1 aromatic carbocycles. The molecule has 2 amide bonds. The van der Waals surface area contributed by atoms with Crippen LogP contribution in [0.15, 0.2) is 30.7 Å². The second-order valence-corrected chi connectivity index (χ2v) is 9.34. The third-order valence-corrected chi connectivity index (χ3v) is 6.63. The maximum atomic E-state index is 13.1. The predicted octanol–water partition coefficient (Wildman–Crippen LogP) is 4.07. The molecule has 2 aromatic heterocycles. The smallest absolute Gasteiger partial charge is 0.409 e. The largest absolute Gasteiger partial charge is 0.493 e. The number of carbonyl (C=O) groups is 2. The van der Waals surface area contributed by atoms with Crippen LogP contribution < -0.4 is 10.1 Å². The molecule has 2 aliphatic rings. The van der Waals surface area contributed by atoms with E-state index in [4.69, 9.17) is 9.47 Å². The van der Waals surface area contributed by atoms with E-state index in [1.807, 2.05) is 19.1 Å². The standard InChI is InChI=1S/C26H31N5O4/c1-3-34-26(33)31-10-8-18(9-11-31)30-25(32)20-13-27-24-22(28-15-29-23(20)24)19-12-16(2)4-7-21(19)35-14-17-5-6-17/h4,7,12-13,15,17-18,27H,3,5-6,8-11,14H2,1-2H3,(H,30,32). The molecule has 1 aliphatic carbocycles. The lowest BCUT2D eigenvalue weighted by molar-refractivity contribution is 0.0861. The Labute approximate surface area is 204 Å². The van der Waals surface area contributed by atoms with Crippen LogP contribution in [0, 0.1) is 12.8 Å². The van der Waals surface area contributed by atoms with Crippen molar-refractivity contribution in [3.05, 3.63) is 41.9 Å². The van der Waals surface area contributed by atoms with E-state index in [9.17, 15) is 9.59 Å². The molecule has 2 fully saturated rings. The lowest BCUT2D eigenvalue weighted by atomic mass is 10.0. The van der Waals surface area contributed by atoms with Gasteiger partial charge in [-0.2, -0.15) is 0 Å². The molecule has 3 heterocycles. The Morgan fingerprint density at radius 3 is 2.71 bits per heavy atom. The van der Waals surface area contributed by atoms with Gasteiger partial charge in [-0.3, -0.25) is 4.79 Å². The number of ether oxygens (including phenoxy) is 2. The summed E-state index contributed by atoms with van der Waals surface area (Å²) in [7, 11) is 0. The molecular weight excluding hydrogens is 446 g/mol. The van der Waals surface area contributed by atoms with E-state index in [1.54, 1.807) is 18.0 Å². The molecule has 3 aromatic rings. The minimum Gasteiger partial charge on any atom is -0.493 e. The number of fused-ring (bicyclic) bond motifs is 1. The molecule has 1 aliphatic heterocycles. The van der Waals surface area contributed by atoms with Crippen LogP contribution in [-0.2, 0) is 4.74 Å². The molecule has 9 heteroatoms. The number of rotatable bonds is 7. The first kappa shape index (κ1) is 23.1. The molecule has 184 valence electrons. The van der Waals surface area contributed by atoms with Gasteiger partial charge in [0.15, 0.2) is 0 Å². The fourth-order valence-electron chi connectivity index (χ4n) is 4.45. The maximum absolute atomic E-state index is 13.1. The first-order chi connectivity index (χ1) is 17.0. The number of nitrogens with zero attached hydrogens (tertiary/aromatic N) is 3. The number of likely N-dealkylation sites (tertiary alicyclic amines) is 1. The van der Waals surface area contributed by atoms with Gasteiger partial charge in [0.1, 0.15) is 23.3 Å². The normalized spacial score (nSPS) is 16.3. The third-order valence-electron chi connectivity index (χ3n) is 6.63. The quantitative estimate of drug-likeness (QED) is 0.531. The van der Waals surface area contributed by atoms with E-state index in [1.165, 1.54) is 19.2 Å². The lowest BCUT2D eigenvalue weighted by Gasteiger charge is -2.31. The van der Waals surface area contributed by atoms with Gasteiger partial charge in [-0.1, -0.05) is 11.6 Å². The molecule has 0 spiro atoms. The van der Waals surface area contributed by atoms with Crippen LogP contribution in [0.25, 0.3) is 22.3 Å². The third kappa shape index (κ3) is 5.08. The Morgan fingerprint density at radius 2 is 1.97 bits per heavy atom. The molecule has 0 unspecified atom stereocenters.